The lowest BCUT2D eigenvalue weighted by molar-refractivity contribution is 0.185. The molecule has 14 heavy (non-hydrogen) atoms. The molecule has 0 atom stereocenters. The number of hydrogen-bond acceptors (Lipinski definition) is 5. The Morgan fingerprint density at radius 1 is 1.29 bits per heavy atom. The van der Waals surface area contributed by atoms with Gasteiger partial charge in [0, 0.05) is 18.2 Å². The third-order valence-corrected chi connectivity index (χ3v) is 2.00. The molecule has 0 aromatic heterocycles. The number of nitrogen functional groups attached to an aromatic ring is 2. The lowest BCUT2D eigenvalue weighted by atomic mass is 10.1. The molecule has 0 amide bonds. The summed E-state index contributed by atoms with van der Waals surface area (Å²) < 4.78 is 4.94. The van der Waals surface area contributed by atoms with E-state index in [1.54, 1.807) is 19.2 Å². The zero-order valence-electron chi connectivity index (χ0n) is 7.99. The van der Waals surface area contributed by atoms with Crippen molar-refractivity contribution in [2.75, 3.05) is 18.6 Å². The van der Waals surface area contributed by atoms with E-state index in [0.29, 0.717) is 23.5 Å². The minimum absolute atomic E-state index is 0.0449. The summed E-state index contributed by atoms with van der Waals surface area (Å²) in [6.07, 6.45) is 0. The first kappa shape index (κ1) is 10.5. The molecule has 1 aromatic carbocycles. The van der Waals surface area contributed by atoms with Crippen LogP contribution in [0.4, 0.5) is 11.4 Å². The number of rotatable bonds is 4. The van der Waals surface area contributed by atoms with E-state index in [-0.39, 0.29) is 6.54 Å². The predicted molar refractivity (Wildman–Crippen MR) is 55.5 cm³/mol. The topological polar surface area (TPSA) is 90.7 Å². The van der Waals surface area contributed by atoms with Crippen molar-refractivity contribution in [2.45, 2.75) is 13.2 Å². The summed E-state index contributed by atoms with van der Waals surface area (Å²) in [5.41, 5.74) is 13.8. The fraction of sp³-hybridized carbons (Fsp3) is 0.333. The van der Waals surface area contributed by atoms with Crippen molar-refractivity contribution in [3.8, 4) is 0 Å². The summed E-state index contributed by atoms with van der Waals surface area (Å²) in [5.74, 6) is 0. The number of anilines is 2. The molecule has 0 radical (unpaired) electrons. The van der Waals surface area contributed by atoms with Gasteiger partial charge in [-0.2, -0.15) is 4.91 Å². The molecule has 4 N–H and O–H groups in total. The molecule has 1 aromatic rings. The number of nitroso groups, excluding NO2 is 1. The fourth-order valence-corrected chi connectivity index (χ4v) is 1.22. The normalized spacial score (nSPS) is 10.1. The number of methoxy groups -OCH3 is 1. The van der Waals surface area contributed by atoms with Crippen molar-refractivity contribution < 1.29 is 4.74 Å². The minimum Gasteiger partial charge on any atom is -0.397 e. The standard InChI is InChI=1S/C9H13N3O2/c1-14-5-7-3-2-6(4-12-13)8(10)9(7)11/h2-3H,4-5,10-11H2,1H3. The van der Waals surface area contributed by atoms with Crippen molar-refractivity contribution in [3.05, 3.63) is 28.2 Å². The maximum absolute atomic E-state index is 10.1. The SMILES string of the molecule is COCc1ccc(CN=O)c(N)c1N. The fourth-order valence-electron chi connectivity index (χ4n) is 1.22. The van der Waals surface area contributed by atoms with E-state index in [9.17, 15) is 4.91 Å². The van der Waals surface area contributed by atoms with Gasteiger partial charge in [-0.25, -0.2) is 0 Å². The summed E-state index contributed by atoms with van der Waals surface area (Å²) in [6, 6.07) is 3.52. The Kier molecular flexibility index (Phi) is 3.41. The van der Waals surface area contributed by atoms with Gasteiger partial charge in [-0.3, -0.25) is 0 Å². The van der Waals surface area contributed by atoms with Gasteiger partial charge in [0.25, 0.3) is 0 Å². The Balaban J connectivity index is 3.05. The quantitative estimate of drug-likeness (QED) is 0.559. The smallest absolute Gasteiger partial charge is 0.108 e. The Bertz CT molecular complexity index is 339. The molecule has 0 fully saturated rings. The molecule has 0 spiro atoms. The second kappa shape index (κ2) is 4.57. The lowest BCUT2D eigenvalue weighted by Crippen LogP contribution is -2.04. The molecule has 0 aliphatic heterocycles. The van der Waals surface area contributed by atoms with Gasteiger partial charge in [-0.05, 0) is 0 Å². The number of benzene rings is 1. The van der Waals surface area contributed by atoms with Gasteiger partial charge in [0.05, 0.1) is 18.0 Å². The monoisotopic (exact) mass is 195 g/mol. The third kappa shape index (κ3) is 2.00. The van der Waals surface area contributed by atoms with Crippen LogP contribution in [0.1, 0.15) is 11.1 Å². The second-order valence-corrected chi connectivity index (χ2v) is 2.93. The van der Waals surface area contributed by atoms with Crippen LogP contribution in [0, 0.1) is 4.91 Å². The molecular weight excluding hydrogens is 182 g/mol. The van der Waals surface area contributed by atoms with Crippen LogP contribution in [-0.2, 0) is 17.9 Å². The summed E-state index contributed by atoms with van der Waals surface area (Å²) >= 11 is 0. The molecule has 0 bridgehead atoms. The molecule has 0 aliphatic rings. The third-order valence-electron chi connectivity index (χ3n) is 2.00. The zero-order chi connectivity index (χ0) is 10.6. The molecule has 0 saturated heterocycles. The second-order valence-electron chi connectivity index (χ2n) is 2.93. The highest BCUT2D eigenvalue weighted by molar-refractivity contribution is 5.71. The van der Waals surface area contributed by atoms with Crippen LogP contribution < -0.4 is 11.5 Å². The molecule has 0 saturated carbocycles. The Morgan fingerprint density at radius 3 is 2.43 bits per heavy atom. The number of nitrogens with zero attached hydrogens (tertiary/aromatic N) is 1. The van der Waals surface area contributed by atoms with Crippen LogP contribution in [0.15, 0.2) is 17.3 Å². The van der Waals surface area contributed by atoms with Crippen molar-refractivity contribution in [3.63, 3.8) is 0 Å². The summed E-state index contributed by atoms with van der Waals surface area (Å²) in [5, 5.41) is 2.77. The Hall–Kier alpha value is -1.62. The van der Waals surface area contributed by atoms with E-state index < -0.39 is 0 Å². The van der Waals surface area contributed by atoms with Crippen LogP contribution in [0.3, 0.4) is 0 Å². The summed E-state index contributed by atoms with van der Waals surface area (Å²) in [6.45, 7) is 0.453. The van der Waals surface area contributed by atoms with E-state index in [4.69, 9.17) is 16.2 Å². The van der Waals surface area contributed by atoms with E-state index in [1.807, 2.05) is 0 Å². The molecule has 76 valence electrons. The first-order valence-corrected chi connectivity index (χ1v) is 4.14. The van der Waals surface area contributed by atoms with E-state index in [2.05, 4.69) is 5.18 Å². The van der Waals surface area contributed by atoms with Crippen molar-refractivity contribution in [1.82, 2.24) is 0 Å². The number of hydrogen-bond donors (Lipinski definition) is 2. The Morgan fingerprint density at radius 2 is 1.86 bits per heavy atom. The molecule has 0 aliphatic carbocycles. The minimum atomic E-state index is 0.0449. The average molecular weight is 195 g/mol. The van der Waals surface area contributed by atoms with E-state index >= 15 is 0 Å². The van der Waals surface area contributed by atoms with Crippen molar-refractivity contribution in [2.24, 2.45) is 5.18 Å². The highest BCUT2D eigenvalue weighted by atomic mass is 16.5. The van der Waals surface area contributed by atoms with E-state index in [1.165, 1.54) is 0 Å². The molecule has 5 nitrogen and oxygen atoms in total. The number of nitrogens with two attached hydrogens (primary N) is 2. The molecule has 0 unspecified atom stereocenters. The highest BCUT2D eigenvalue weighted by Crippen LogP contribution is 2.25. The lowest BCUT2D eigenvalue weighted by Gasteiger charge is -2.10. The molecule has 5 heteroatoms. The van der Waals surface area contributed by atoms with Crippen LogP contribution in [0.25, 0.3) is 0 Å². The van der Waals surface area contributed by atoms with Crippen LogP contribution in [0.2, 0.25) is 0 Å². The van der Waals surface area contributed by atoms with Gasteiger partial charge >= 0.3 is 0 Å². The maximum Gasteiger partial charge on any atom is 0.108 e. The average Bonchev–Trinajstić information content (AvgIpc) is 2.18. The van der Waals surface area contributed by atoms with Gasteiger partial charge in [-0.1, -0.05) is 17.3 Å². The first-order valence-electron chi connectivity index (χ1n) is 4.14. The largest absolute Gasteiger partial charge is 0.397 e. The van der Waals surface area contributed by atoms with E-state index in [0.717, 1.165) is 5.56 Å². The highest BCUT2D eigenvalue weighted by Gasteiger charge is 2.07. The van der Waals surface area contributed by atoms with Gasteiger partial charge in [-0.15, -0.1) is 0 Å². The van der Waals surface area contributed by atoms with Crippen molar-refractivity contribution >= 4 is 11.4 Å². The van der Waals surface area contributed by atoms with Gasteiger partial charge < -0.3 is 16.2 Å². The zero-order valence-corrected chi connectivity index (χ0v) is 7.99. The number of ether oxygens (including phenoxy) is 1. The van der Waals surface area contributed by atoms with Crippen LogP contribution in [0.5, 0.6) is 0 Å². The van der Waals surface area contributed by atoms with Gasteiger partial charge in [0.2, 0.25) is 0 Å². The summed E-state index contributed by atoms with van der Waals surface area (Å²) in [7, 11) is 1.58. The summed E-state index contributed by atoms with van der Waals surface area (Å²) in [4.78, 5) is 10.1. The van der Waals surface area contributed by atoms with Gasteiger partial charge in [0.15, 0.2) is 0 Å². The van der Waals surface area contributed by atoms with Crippen LogP contribution >= 0.6 is 0 Å². The van der Waals surface area contributed by atoms with Crippen molar-refractivity contribution in [1.29, 1.82) is 0 Å². The molecule has 1 rings (SSSR count). The first-order chi connectivity index (χ1) is 6.70. The van der Waals surface area contributed by atoms with Crippen LogP contribution in [-0.4, -0.2) is 7.11 Å². The maximum atomic E-state index is 10.1. The molecular formula is C9H13N3O2. The van der Waals surface area contributed by atoms with Gasteiger partial charge in [0.1, 0.15) is 6.54 Å². The molecule has 0 heterocycles. The predicted octanol–water partition coefficient (Wildman–Crippen LogP) is 1.26. The Labute approximate surface area is 82.0 Å².